The molecule has 0 saturated heterocycles. The molecule has 4 heteroatoms. The first kappa shape index (κ1) is 11.2. The fraction of sp³-hybridized carbons (Fsp3) is 0.250. The Hall–Kier alpha value is -1.29. The van der Waals surface area contributed by atoms with Gasteiger partial charge in [-0.05, 0) is 24.6 Å². The van der Waals surface area contributed by atoms with Crippen LogP contribution < -0.4 is 4.74 Å². The van der Waals surface area contributed by atoms with Gasteiger partial charge in [-0.25, -0.2) is 0 Å². The Morgan fingerprint density at radius 1 is 1.25 bits per heavy atom. The van der Waals surface area contributed by atoms with Gasteiger partial charge in [0.05, 0.1) is 12.4 Å². The first-order chi connectivity index (χ1) is 7.81. The number of nitrogens with zero attached hydrogens (tertiary/aromatic N) is 2. The van der Waals surface area contributed by atoms with E-state index < -0.39 is 0 Å². The SMILES string of the molecule is CCn1cc(Oc2ccc(CBr)cc2)cn1. The molecular weight excluding hydrogens is 268 g/mol. The number of benzene rings is 1. The molecule has 0 spiro atoms. The summed E-state index contributed by atoms with van der Waals surface area (Å²) in [6.07, 6.45) is 3.61. The van der Waals surface area contributed by atoms with E-state index in [2.05, 4.69) is 21.0 Å². The summed E-state index contributed by atoms with van der Waals surface area (Å²) in [5, 5.41) is 5.01. The van der Waals surface area contributed by atoms with Gasteiger partial charge in [-0.2, -0.15) is 5.10 Å². The van der Waals surface area contributed by atoms with Gasteiger partial charge in [0.1, 0.15) is 5.75 Å². The molecule has 0 atom stereocenters. The summed E-state index contributed by atoms with van der Waals surface area (Å²) in [6, 6.07) is 7.99. The summed E-state index contributed by atoms with van der Waals surface area (Å²) >= 11 is 3.41. The lowest BCUT2D eigenvalue weighted by atomic mass is 10.2. The van der Waals surface area contributed by atoms with Crippen LogP contribution in [0.2, 0.25) is 0 Å². The minimum Gasteiger partial charge on any atom is -0.454 e. The molecule has 2 aromatic rings. The summed E-state index contributed by atoms with van der Waals surface area (Å²) in [5.41, 5.74) is 1.23. The average Bonchev–Trinajstić information content (AvgIpc) is 2.78. The molecule has 0 amide bonds. The Labute approximate surface area is 103 Å². The quantitative estimate of drug-likeness (QED) is 0.801. The lowest BCUT2D eigenvalue weighted by Gasteiger charge is -2.02. The van der Waals surface area contributed by atoms with Crippen molar-refractivity contribution in [1.29, 1.82) is 0 Å². The number of aromatic nitrogens is 2. The molecule has 2 rings (SSSR count). The van der Waals surface area contributed by atoms with Gasteiger partial charge in [-0.15, -0.1) is 0 Å². The van der Waals surface area contributed by atoms with Crippen molar-refractivity contribution in [2.24, 2.45) is 0 Å². The second-order valence-electron chi connectivity index (χ2n) is 3.41. The molecule has 1 aromatic heterocycles. The van der Waals surface area contributed by atoms with Crippen LogP contribution in [0.3, 0.4) is 0 Å². The zero-order chi connectivity index (χ0) is 11.4. The van der Waals surface area contributed by atoms with E-state index in [0.717, 1.165) is 23.4 Å². The van der Waals surface area contributed by atoms with Crippen molar-refractivity contribution in [3.8, 4) is 11.5 Å². The molecule has 0 fully saturated rings. The normalized spacial score (nSPS) is 10.4. The molecule has 0 aliphatic heterocycles. The zero-order valence-corrected chi connectivity index (χ0v) is 10.6. The number of hydrogen-bond acceptors (Lipinski definition) is 2. The van der Waals surface area contributed by atoms with Gasteiger partial charge in [0.2, 0.25) is 0 Å². The van der Waals surface area contributed by atoms with E-state index in [1.807, 2.05) is 42.1 Å². The molecule has 0 radical (unpaired) electrons. The van der Waals surface area contributed by atoms with E-state index in [9.17, 15) is 0 Å². The highest BCUT2D eigenvalue weighted by atomic mass is 79.9. The van der Waals surface area contributed by atoms with Gasteiger partial charge in [0.25, 0.3) is 0 Å². The number of alkyl halides is 1. The Bertz CT molecular complexity index is 450. The Morgan fingerprint density at radius 3 is 2.56 bits per heavy atom. The summed E-state index contributed by atoms with van der Waals surface area (Å²) in [6.45, 7) is 2.90. The lowest BCUT2D eigenvalue weighted by molar-refractivity contribution is 0.481. The van der Waals surface area contributed by atoms with E-state index >= 15 is 0 Å². The van der Waals surface area contributed by atoms with Gasteiger partial charge >= 0.3 is 0 Å². The van der Waals surface area contributed by atoms with E-state index in [4.69, 9.17) is 4.74 Å². The Morgan fingerprint density at radius 2 is 2.00 bits per heavy atom. The number of ether oxygens (including phenoxy) is 1. The van der Waals surface area contributed by atoms with Crippen LogP contribution in [-0.2, 0) is 11.9 Å². The van der Waals surface area contributed by atoms with Crippen molar-refractivity contribution in [1.82, 2.24) is 9.78 Å². The van der Waals surface area contributed by atoms with Crippen LogP contribution in [0, 0.1) is 0 Å². The topological polar surface area (TPSA) is 27.1 Å². The van der Waals surface area contributed by atoms with Crippen LogP contribution in [0.25, 0.3) is 0 Å². The summed E-state index contributed by atoms with van der Waals surface area (Å²) < 4.78 is 7.50. The van der Waals surface area contributed by atoms with Crippen molar-refractivity contribution in [2.45, 2.75) is 18.8 Å². The fourth-order valence-electron chi connectivity index (χ4n) is 1.35. The summed E-state index contributed by atoms with van der Waals surface area (Å²) in [4.78, 5) is 0. The van der Waals surface area contributed by atoms with Gasteiger partial charge in [-0.3, -0.25) is 4.68 Å². The number of hydrogen-bond donors (Lipinski definition) is 0. The zero-order valence-electron chi connectivity index (χ0n) is 9.06. The smallest absolute Gasteiger partial charge is 0.165 e. The van der Waals surface area contributed by atoms with Crippen molar-refractivity contribution >= 4 is 15.9 Å². The standard InChI is InChI=1S/C12H13BrN2O/c1-2-15-9-12(8-14-15)16-11-5-3-10(7-13)4-6-11/h3-6,8-9H,2,7H2,1H3. The lowest BCUT2D eigenvalue weighted by Crippen LogP contribution is -1.92. The highest BCUT2D eigenvalue weighted by Gasteiger charge is 2.00. The molecule has 1 aromatic carbocycles. The third kappa shape index (κ3) is 2.64. The van der Waals surface area contributed by atoms with Crippen LogP contribution >= 0.6 is 15.9 Å². The second kappa shape index (κ2) is 5.16. The number of halogens is 1. The van der Waals surface area contributed by atoms with Crippen LogP contribution in [0.5, 0.6) is 11.5 Å². The van der Waals surface area contributed by atoms with Crippen molar-refractivity contribution in [3.63, 3.8) is 0 Å². The van der Waals surface area contributed by atoms with Gasteiger partial charge in [0.15, 0.2) is 5.75 Å². The molecule has 0 saturated carbocycles. The monoisotopic (exact) mass is 280 g/mol. The van der Waals surface area contributed by atoms with E-state index in [-0.39, 0.29) is 0 Å². The minimum absolute atomic E-state index is 0.772. The van der Waals surface area contributed by atoms with Crippen LogP contribution in [0.15, 0.2) is 36.7 Å². The van der Waals surface area contributed by atoms with Gasteiger partial charge in [-0.1, -0.05) is 28.1 Å². The largest absolute Gasteiger partial charge is 0.454 e. The highest BCUT2D eigenvalue weighted by Crippen LogP contribution is 2.21. The van der Waals surface area contributed by atoms with Gasteiger partial charge in [0, 0.05) is 11.9 Å². The second-order valence-corrected chi connectivity index (χ2v) is 3.97. The van der Waals surface area contributed by atoms with Crippen molar-refractivity contribution < 1.29 is 4.74 Å². The predicted octanol–water partition coefficient (Wildman–Crippen LogP) is 3.59. The summed E-state index contributed by atoms with van der Waals surface area (Å²) in [7, 11) is 0. The molecule has 16 heavy (non-hydrogen) atoms. The molecule has 0 N–H and O–H groups in total. The minimum atomic E-state index is 0.772. The van der Waals surface area contributed by atoms with E-state index in [1.165, 1.54) is 5.56 Å². The van der Waals surface area contributed by atoms with Crippen molar-refractivity contribution in [2.75, 3.05) is 0 Å². The van der Waals surface area contributed by atoms with Crippen molar-refractivity contribution in [3.05, 3.63) is 42.2 Å². The molecule has 0 bridgehead atoms. The maximum Gasteiger partial charge on any atom is 0.165 e. The third-order valence-electron chi connectivity index (χ3n) is 2.25. The van der Waals surface area contributed by atoms with Crippen LogP contribution in [0.1, 0.15) is 12.5 Å². The molecule has 84 valence electrons. The Balaban J connectivity index is 2.08. The van der Waals surface area contributed by atoms with Crippen LogP contribution in [-0.4, -0.2) is 9.78 Å². The first-order valence-corrected chi connectivity index (χ1v) is 6.29. The first-order valence-electron chi connectivity index (χ1n) is 5.17. The molecule has 3 nitrogen and oxygen atoms in total. The maximum atomic E-state index is 5.66. The fourth-order valence-corrected chi connectivity index (χ4v) is 1.73. The number of aryl methyl sites for hydroxylation is 1. The predicted molar refractivity (Wildman–Crippen MR) is 67.0 cm³/mol. The van der Waals surface area contributed by atoms with E-state index in [1.54, 1.807) is 6.20 Å². The highest BCUT2D eigenvalue weighted by molar-refractivity contribution is 9.08. The summed E-state index contributed by atoms with van der Waals surface area (Å²) in [5.74, 6) is 1.61. The third-order valence-corrected chi connectivity index (χ3v) is 2.89. The van der Waals surface area contributed by atoms with Crippen LogP contribution in [0.4, 0.5) is 0 Å². The molecular formula is C12H13BrN2O. The average molecular weight is 281 g/mol. The number of rotatable bonds is 4. The molecule has 1 heterocycles. The molecule has 0 unspecified atom stereocenters. The van der Waals surface area contributed by atoms with Gasteiger partial charge < -0.3 is 4.74 Å². The maximum absolute atomic E-state index is 5.66. The Kier molecular flexibility index (Phi) is 3.62. The molecule has 0 aliphatic carbocycles. The van der Waals surface area contributed by atoms with E-state index in [0.29, 0.717) is 0 Å². The molecule has 0 aliphatic rings.